The maximum atomic E-state index is 13.0. The highest BCUT2D eigenvalue weighted by atomic mass is 16.2. The fourth-order valence-corrected chi connectivity index (χ4v) is 3.64. The summed E-state index contributed by atoms with van der Waals surface area (Å²) in [7, 11) is 0. The van der Waals surface area contributed by atoms with Crippen molar-refractivity contribution in [3.8, 4) is 11.5 Å². The quantitative estimate of drug-likeness (QED) is 0.483. The lowest BCUT2D eigenvalue weighted by molar-refractivity contribution is 0.0746. The molecule has 4 heterocycles. The van der Waals surface area contributed by atoms with E-state index in [0.717, 1.165) is 23.1 Å². The zero-order valence-electron chi connectivity index (χ0n) is 16.9. The van der Waals surface area contributed by atoms with Crippen LogP contribution in [0.1, 0.15) is 16.2 Å². The van der Waals surface area contributed by atoms with Gasteiger partial charge in [-0.05, 0) is 35.5 Å². The lowest BCUT2D eigenvalue weighted by Crippen LogP contribution is -2.49. The van der Waals surface area contributed by atoms with Gasteiger partial charge in [0.2, 0.25) is 0 Å². The first-order valence-electron chi connectivity index (χ1n) is 9.89. The van der Waals surface area contributed by atoms with Crippen molar-refractivity contribution in [1.82, 2.24) is 44.6 Å². The first-order chi connectivity index (χ1) is 15.2. The molecule has 0 unspecified atom stereocenters. The molecule has 1 aromatic carbocycles. The molecule has 0 spiro atoms. The maximum absolute atomic E-state index is 13.0. The molecule has 0 aliphatic carbocycles. The minimum atomic E-state index is -0.00742. The Morgan fingerprint density at radius 3 is 2.58 bits per heavy atom. The summed E-state index contributed by atoms with van der Waals surface area (Å²) < 4.78 is 3.45. The second-order valence-electron chi connectivity index (χ2n) is 7.16. The Morgan fingerprint density at radius 2 is 1.84 bits per heavy atom. The highest BCUT2D eigenvalue weighted by molar-refractivity contribution is 5.95. The van der Waals surface area contributed by atoms with E-state index < -0.39 is 0 Å². The zero-order chi connectivity index (χ0) is 21.2. The lowest BCUT2D eigenvalue weighted by Gasteiger charge is -2.35. The van der Waals surface area contributed by atoms with E-state index in [1.54, 1.807) is 18.6 Å². The Bertz CT molecular complexity index is 1190. The van der Waals surface area contributed by atoms with Gasteiger partial charge in [0.05, 0.1) is 5.69 Å². The van der Waals surface area contributed by atoms with Gasteiger partial charge in [0, 0.05) is 50.2 Å². The Balaban J connectivity index is 1.27. The van der Waals surface area contributed by atoms with Gasteiger partial charge >= 0.3 is 0 Å². The van der Waals surface area contributed by atoms with Crippen LogP contribution in [0.5, 0.6) is 0 Å². The van der Waals surface area contributed by atoms with E-state index in [0.29, 0.717) is 31.7 Å². The Morgan fingerprint density at radius 1 is 1.00 bits per heavy atom. The molecule has 0 N–H and O–H groups in total. The number of amides is 1. The van der Waals surface area contributed by atoms with E-state index >= 15 is 0 Å². The molecular formula is C20H20N10O. The van der Waals surface area contributed by atoms with Crippen molar-refractivity contribution >= 4 is 11.7 Å². The summed E-state index contributed by atoms with van der Waals surface area (Å²) in [6, 6.07) is 9.25. The van der Waals surface area contributed by atoms with Gasteiger partial charge in [-0.2, -0.15) is 0 Å². The van der Waals surface area contributed by atoms with Gasteiger partial charge in [-0.1, -0.05) is 6.07 Å². The predicted octanol–water partition coefficient (Wildman–Crippen LogP) is 0.909. The van der Waals surface area contributed by atoms with E-state index in [2.05, 4.69) is 35.4 Å². The summed E-state index contributed by atoms with van der Waals surface area (Å²) in [5.41, 5.74) is 1.36. The molecule has 0 atom stereocenters. The van der Waals surface area contributed by atoms with Crippen molar-refractivity contribution < 1.29 is 4.79 Å². The third-order valence-corrected chi connectivity index (χ3v) is 5.31. The normalized spacial score (nSPS) is 14.1. The summed E-state index contributed by atoms with van der Waals surface area (Å²) >= 11 is 0. The highest BCUT2D eigenvalue weighted by Crippen LogP contribution is 2.18. The number of imidazole rings is 1. The van der Waals surface area contributed by atoms with E-state index in [4.69, 9.17) is 0 Å². The van der Waals surface area contributed by atoms with Crippen LogP contribution in [-0.2, 0) is 0 Å². The van der Waals surface area contributed by atoms with E-state index in [1.165, 1.54) is 11.0 Å². The van der Waals surface area contributed by atoms with Crippen molar-refractivity contribution in [2.75, 3.05) is 31.1 Å². The number of carbonyl (C=O) groups is 1. The van der Waals surface area contributed by atoms with E-state index in [-0.39, 0.29) is 5.91 Å². The number of hydrogen-bond acceptors (Lipinski definition) is 8. The molecule has 1 aliphatic heterocycles. The fourth-order valence-electron chi connectivity index (χ4n) is 3.64. The number of hydrogen-bond donors (Lipinski definition) is 0. The summed E-state index contributed by atoms with van der Waals surface area (Å²) in [6.07, 6.45) is 6.69. The van der Waals surface area contributed by atoms with Crippen LogP contribution in [0, 0.1) is 6.92 Å². The molecule has 0 radical (unpaired) electrons. The standard InChI is InChI=1S/C20H20N10O/c1-15-21-5-6-29(15)19-12-18(22-13-23-19)27-7-9-28(10-8-27)20(31)16-3-2-4-17(11-16)30-14-24-25-26-30/h2-6,11-14H,7-10H2,1H3. The molecule has 3 aromatic heterocycles. The molecule has 5 rings (SSSR count). The minimum absolute atomic E-state index is 0.00742. The van der Waals surface area contributed by atoms with Crippen molar-refractivity contribution in [3.05, 3.63) is 66.8 Å². The lowest BCUT2D eigenvalue weighted by atomic mass is 10.1. The predicted molar refractivity (Wildman–Crippen MR) is 111 cm³/mol. The number of nitrogens with zero attached hydrogens (tertiary/aromatic N) is 10. The molecule has 1 amide bonds. The Hall–Kier alpha value is -4.15. The summed E-state index contributed by atoms with van der Waals surface area (Å²) in [4.78, 5) is 30.1. The van der Waals surface area contributed by atoms with Gasteiger partial charge in [-0.15, -0.1) is 5.10 Å². The smallest absolute Gasteiger partial charge is 0.254 e. The Labute approximate surface area is 178 Å². The molecule has 0 bridgehead atoms. The van der Waals surface area contributed by atoms with Crippen LogP contribution in [0.15, 0.2) is 55.4 Å². The van der Waals surface area contributed by atoms with Gasteiger partial charge in [-0.25, -0.2) is 19.6 Å². The molecule has 11 nitrogen and oxygen atoms in total. The topological polar surface area (TPSA) is 111 Å². The van der Waals surface area contributed by atoms with Gasteiger partial charge in [0.15, 0.2) is 0 Å². The van der Waals surface area contributed by atoms with Crippen LogP contribution < -0.4 is 4.90 Å². The van der Waals surface area contributed by atoms with Crippen LogP contribution in [0.2, 0.25) is 0 Å². The number of aromatic nitrogens is 8. The molecule has 0 saturated carbocycles. The van der Waals surface area contributed by atoms with Crippen LogP contribution in [-0.4, -0.2) is 76.7 Å². The van der Waals surface area contributed by atoms with Crippen LogP contribution in [0.4, 0.5) is 5.82 Å². The molecule has 4 aromatic rings. The zero-order valence-corrected chi connectivity index (χ0v) is 16.9. The molecule has 1 aliphatic rings. The molecule has 1 fully saturated rings. The number of tetrazole rings is 1. The fraction of sp³-hybridized carbons (Fsp3) is 0.250. The monoisotopic (exact) mass is 416 g/mol. The number of rotatable bonds is 4. The van der Waals surface area contributed by atoms with Crippen LogP contribution in [0.25, 0.3) is 11.5 Å². The van der Waals surface area contributed by atoms with E-state index in [1.807, 2.05) is 46.9 Å². The largest absolute Gasteiger partial charge is 0.353 e. The first kappa shape index (κ1) is 18.9. The number of aryl methyl sites for hydroxylation is 1. The molecule has 1 saturated heterocycles. The second-order valence-corrected chi connectivity index (χ2v) is 7.16. The third-order valence-electron chi connectivity index (χ3n) is 5.31. The van der Waals surface area contributed by atoms with Gasteiger partial charge in [-0.3, -0.25) is 9.36 Å². The van der Waals surface area contributed by atoms with E-state index in [9.17, 15) is 4.79 Å². The number of benzene rings is 1. The van der Waals surface area contributed by atoms with Crippen molar-refractivity contribution in [2.24, 2.45) is 0 Å². The van der Waals surface area contributed by atoms with Gasteiger partial charge in [0.25, 0.3) is 5.91 Å². The molecular weight excluding hydrogens is 396 g/mol. The summed E-state index contributed by atoms with van der Waals surface area (Å²) in [5, 5.41) is 11.2. The summed E-state index contributed by atoms with van der Waals surface area (Å²) in [6.45, 7) is 4.53. The molecule has 11 heteroatoms. The highest BCUT2D eigenvalue weighted by Gasteiger charge is 2.23. The van der Waals surface area contributed by atoms with Crippen molar-refractivity contribution in [2.45, 2.75) is 6.92 Å². The van der Waals surface area contributed by atoms with Crippen LogP contribution >= 0.6 is 0 Å². The van der Waals surface area contributed by atoms with Crippen molar-refractivity contribution in [3.63, 3.8) is 0 Å². The number of anilines is 1. The minimum Gasteiger partial charge on any atom is -0.353 e. The van der Waals surface area contributed by atoms with Crippen LogP contribution in [0.3, 0.4) is 0 Å². The van der Waals surface area contributed by atoms with Crippen molar-refractivity contribution in [1.29, 1.82) is 0 Å². The average molecular weight is 416 g/mol. The molecule has 156 valence electrons. The first-order valence-corrected chi connectivity index (χ1v) is 9.89. The number of piperazine rings is 1. The molecule has 31 heavy (non-hydrogen) atoms. The average Bonchev–Trinajstić information content (AvgIpc) is 3.51. The second kappa shape index (κ2) is 7.94. The third kappa shape index (κ3) is 3.72. The van der Waals surface area contributed by atoms with Gasteiger partial charge < -0.3 is 9.80 Å². The summed E-state index contributed by atoms with van der Waals surface area (Å²) in [5.74, 6) is 2.47. The Kier molecular flexibility index (Phi) is 4.83. The maximum Gasteiger partial charge on any atom is 0.254 e. The van der Waals surface area contributed by atoms with Gasteiger partial charge in [0.1, 0.15) is 30.1 Å². The number of carbonyl (C=O) groups excluding carboxylic acids is 1. The SMILES string of the molecule is Cc1nccn1-c1cc(N2CCN(C(=O)c3cccc(-n4cnnn4)c3)CC2)ncn1.